The highest BCUT2D eigenvalue weighted by Crippen LogP contribution is 1.81. The minimum Gasteiger partial charge on any atom is -0.362 e. The second kappa shape index (κ2) is 23.7. The number of hydrogen-bond donors (Lipinski definition) is 1. The minimum absolute atomic E-state index is 0.625. The van der Waals surface area contributed by atoms with E-state index in [9.17, 15) is 0 Å². The van der Waals surface area contributed by atoms with Crippen LogP contribution in [-0.4, -0.2) is 13.5 Å². The van der Waals surface area contributed by atoms with E-state index in [0.29, 0.717) is 6.41 Å². The normalized spacial score (nSPS) is 6.30. The second-order valence-corrected chi connectivity index (χ2v) is 2.14. The first kappa shape index (κ1) is 16.2. The summed E-state index contributed by atoms with van der Waals surface area (Å²) in [4.78, 5) is 9.06. The fourth-order valence-electron chi connectivity index (χ4n) is 0. The molecule has 0 aliphatic rings. The summed E-state index contributed by atoms with van der Waals surface area (Å²) in [5.74, 6) is 0.833. The fourth-order valence-corrected chi connectivity index (χ4v) is 0. The largest absolute Gasteiger partial charge is 0.362 e. The van der Waals surface area contributed by atoms with Gasteiger partial charge in [0.1, 0.15) is 0 Å². The van der Waals surface area contributed by atoms with Gasteiger partial charge in [-0.3, -0.25) is 4.79 Å². The molecule has 0 saturated heterocycles. The molecular formula is C8H21NO. The van der Waals surface area contributed by atoms with E-state index in [1.165, 1.54) is 0 Å². The maximum Gasteiger partial charge on any atom is 0.206 e. The van der Waals surface area contributed by atoms with Crippen molar-refractivity contribution in [3.63, 3.8) is 0 Å². The first-order valence-electron chi connectivity index (χ1n) is 3.76. The molecule has 0 radical (unpaired) electrons. The number of nitrogens with one attached hydrogen (secondary N) is 1. The first-order valence-corrected chi connectivity index (χ1v) is 3.76. The molecule has 1 N–H and O–H groups in total. The molecule has 64 valence electrons. The van der Waals surface area contributed by atoms with Crippen LogP contribution in [0.25, 0.3) is 0 Å². The Bertz CT molecular complexity index is 41.8. The molecule has 10 heavy (non-hydrogen) atoms. The lowest BCUT2D eigenvalue weighted by Crippen LogP contribution is -1.98. The van der Waals surface area contributed by atoms with E-state index in [4.69, 9.17) is 4.79 Å². The molecule has 0 heterocycles. The summed E-state index contributed by atoms with van der Waals surface area (Å²) in [5.41, 5.74) is 0. The van der Waals surface area contributed by atoms with Crippen molar-refractivity contribution in [2.45, 2.75) is 34.6 Å². The Labute approximate surface area is 65.0 Å². The SMILES string of the molecule is CC.CC(C)C.CNC=O. The maximum atomic E-state index is 9.06. The van der Waals surface area contributed by atoms with Crippen LogP contribution in [0, 0.1) is 5.92 Å². The summed E-state index contributed by atoms with van der Waals surface area (Å²) in [6.07, 6.45) is 0.625. The Hall–Kier alpha value is -0.530. The molecule has 0 saturated carbocycles. The van der Waals surface area contributed by atoms with Gasteiger partial charge in [0.05, 0.1) is 0 Å². The number of amides is 1. The van der Waals surface area contributed by atoms with Gasteiger partial charge in [-0.05, 0) is 5.92 Å². The van der Waals surface area contributed by atoms with Crippen molar-refractivity contribution in [1.82, 2.24) is 5.32 Å². The Kier molecular flexibility index (Phi) is 38.4. The van der Waals surface area contributed by atoms with Gasteiger partial charge in [0, 0.05) is 7.05 Å². The number of carbonyl (C=O) groups is 1. The van der Waals surface area contributed by atoms with Crippen LogP contribution in [-0.2, 0) is 4.79 Å². The zero-order chi connectivity index (χ0) is 8.99. The molecule has 0 aliphatic heterocycles. The van der Waals surface area contributed by atoms with Crippen molar-refractivity contribution in [1.29, 1.82) is 0 Å². The van der Waals surface area contributed by atoms with Crippen LogP contribution < -0.4 is 5.32 Å². The van der Waals surface area contributed by atoms with E-state index in [2.05, 4.69) is 26.1 Å². The van der Waals surface area contributed by atoms with Gasteiger partial charge in [-0.1, -0.05) is 34.6 Å². The van der Waals surface area contributed by atoms with Gasteiger partial charge < -0.3 is 5.32 Å². The topological polar surface area (TPSA) is 29.1 Å². The Morgan fingerprint density at radius 2 is 1.30 bits per heavy atom. The smallest absolute Gasteiger partial charge is 0.206 e. The van der Waals surface area contributed by atoms with Crippen LogP contribution >= 0.6 is 0 Å². The standard InChI is InChI=1S/C4H10.C2H5NO.C2H6/c1-4(2)3;1-3-2-4;1-2/h4H,1-3H3;2H,1H3,(H,3,4);1-2H3. The first-order chi connectivity index (χ1) is 4.65. The lowest BCUT2D eigenvalue weighted by molar-refractivity contribution is -0.109. The monoisotopic (exact) mass is 147 g/mol. The molecule has 0 unspecified atom stereocenters. The van der Waals surface area contributed by atoms with Crippen molar-refractivity contribution in [3.05, 3.63) is 0 Å². The van der Waals surface area contributed by atoms with Crippen molar-refractivity contribution in [3.8, 4) is 0 Å². The summed E-state index contributed by atoms with van der Waals surface area (Å²) < 4.78 is 0. The third-order valence-electron chi connectivity index (χ3n) is 0.118. The average Bonchev–Trinajstić information content (AvgIpc) is 1.91. The molecule has 0 atom stereocenters. The average molecular weight is 147 g/mol. The van der Waals surface area contributed by atoms with Gasteiger partial charge in [-0.2, -0.15) is 0 Å². The summed E-state index contributed by atoms with van der Waals surface area (Å²) in [6, 6.07) is 0. The van der Waals surface area contributed by atoms with Gasteiger partial charge in [-0.25, -0.2) is 0 Å². The van der Waals surface area contributed by atoms with Crippen LogP contribution in [0.1, 0.15) is 34.6 Å². The fraction of sp³-hybridized carbons (Fsp3) is 0.875. The summed E-state index contributed by atoms with van der Waals surface area (Å²) in [7, 11) is 1.56. The molecule has 0 aromatic heterocycles. The van der Waals surface area contributed by atoms with Crippen molar-refractivity contribution >= 4 is 6.41 Å². The molecular weight excluding hydrogens is 126 g/mol. The number of rotatable bonds is 1. The van der Waals surface area contributed by atoms with Gasteiger partial charge in [0.15, 0.2) is 0 Å². The Morgan fingerprint density at radius 1 is 1.20 bits per heavy atom. The summed E-state index contributed by atoms with van der Waals surface area (Å²) in [5, 5.41) is 2.25. The van der Waals surface area contributed by atoms with E-state index in [-0.39, 0.29) is 0 Å². The van der Waals surface area contributed by atoms with Gasteiger partial charge in [0.25, 0.3) is 0 Å². The second-order valence-electron chi connectivity index (χ2n) is 2.14. The van der Waals surface area contributed by atoms with Crippen LogP contribution in [0.3, 0.4) is 0 Å². The summed E-state index contributed by atoms with van der Waals surface area (Å²) in [6.45, 7) is 10.5. The molecule has 0 fully saturated rings. The molecule has 1 amide bonds. The zero-order valence-corrected chi connectivity index (χ0v) is 8.06. The van der Waals surface area contributed by atoms with E-state index in [1.54, 1.807) is 7.05 Å². The van der Waals surface area contributed by atoms with Gasteiger partial charge in [-0.15, -0.1) is 0 Å². The van der Waals surface area contributed by atoms with E-state index >= 15 is 0 Å². The molecule has 0 aromatic rings. The quantitative estimate of drug-likeness (QED) is 0.565. The highest BCUT2D eigenvalue weighted by molar-refractivity contribution is 5.44. The number of carbonyl (C=O) groups excluding carboxylic acids is 1. The van der Waals surface area contributed by atoms with Crippen molar-refractivity contribution < 1.29 is 4.79 Å². The van der Waals surface area contributed by atoms with Gasteiger partial charge >= 0.3 is 0 Å². The molecule has 0 spiro atoms. The van der Waals surface area contributed by atoms with Gasteiger partial charge in [0.2, 0.25) is 6.41 Å². The molecule has 0 aromatic carbocycles. The van der Waals surface area contributed by atoms with Crippen LogP contribution in [0.4, 0.5) is 0 Å². The summed E-state index contributed by atoms with van der Waals surface area (Å²) >= 11 is 0. The molecule has 2 nitrogen and oxygen atoms in total. The molecule has 0 rings (SSSR count). The highest BCUT2D eigenvalue weighted by Gasteiger charge is 1.68. The third-order valence-corrected chi connectivity index (χ3v) is 0.118. The van der Waals surface area contributed by atoms with Crippen molar-refractivity contribution in [2.24, 2.45) is 5.92 Å². The van der Waals surface area contributed by atoms with Crippen LogP contribution in [0.15, 0.2) is 0 Å². The predicted octanol–water partition coefficient (Wildman–Crippen LogP) is 2.05. The lowest BCUT2D eigenvalue weighted by Gasteiger charge is -1.79. The Morgan fingerprint density at radius 3 is 1.30 bits per heavy atom. The van der Waals surface area contributed by atoms with Crippen LogP contribution in [0.2, 0.25) is 0 Å². The van der Waals surface area contributed by atoms with E-state index in [0.717, 1.165) is 5.92 Å². The predicted molar refractivity (Wildman–Crippen MR) is 47.0 cm³/mol. The third kappa shape index (κ3) is 1420. The Balaban J connectivity index is -0.0000000787. The number of hydrogen-bond acceptors (Lipinski definition) is 1. The molecule has 0 bridgehead atoms. The maximum absolute atomic E-state index is 9.06. The van der Waals surface area contributed by atoms with E-state index < -0.39 is 0 Å². The van der Waals surface area contributed by atoms with Crippen molar-refractivity contribution in [2.75, 3.05) is 7.05 Å². The molecule has 0 aliphatic carbocycles. The lowest BCUT2D eigenvalue weighted by atomic mass is 10.3. The van der Waals surface area contributed by atoms with E-state index in [1.807, 2.05) is 13.8 Å². The minimum atomic E-state index is 0.625. The molecule has 2 heteroatoms. The van der Waals surface area contributed by atoms with Crippen LogP contribution in [0.5, 0.6) is 0 Å². The highest BCUT2D eigenvalue weighted by atomic mass is 16.1. The zero-order valence-electron chi connectivity index (χ0n) is 8.06.